The van der Waals surface area contributed by atoms with E-state index in [1.54, 1.807) is 0 Å². The summed E-state index contributed by atoms with van der Waals surface area (Å²) in [5, 5.41) is -0.230. The second-order valence-corrected chi connectivity index (χ2v) is 16.4. The van der Waals surface area contributed by atoms with E-state index in [1.807, 2.05) is 33.9 Å². The van der Waals surface area contributed by atoms with Crippen LogP contribution >= 0.6 is 22.6 Å². The van der Waals surface area contributed by atoms with Crippen LogP contribution in [-0.4, -0.2) is 62.6 Å². The number of alkyl halides is 17. The molecule has 0 aromatic heterocycles. The minimum absolute atomic E-state index is 0.0448. The summed E-state index contributed by atoms with van der Waals surface area (Å²) in [6.45, 7) is 9.38. The molecule has 0 aromatic carbocycles. The van der Waals surface area contributed by atoms with Gasteiger partial charge in [0.05, 0.1) is 0 Å². The van der Waals surface area contributed by atoms with Gasteiger partial charge in [0.25, 0.3) is 0 Å². The highest BCUT2D eigenvalue weighted by Gasteiger charge is 2.95. The average Bonchev–Trinajstić information content (AvgIpc) is 2.70. The van der Waals surface area contributed by atoms with E-state index in [4.69, 9.17) is 4.43 Å². The van der Waals surface area contributed by atoms with Crippen LogP contribution in [0.5, 0.6) is 0 Å². The topological polar surface area (TPSA) is 9.23 Å². The smallest absolute Gasteiger partial charge is 0.417 e. The first-order chi connectivity index (χ1) is 17.1. The lowest BCUT2D eigenvalue weighted by molar-refractivity contribution is -0.459. The molecule has 0 aromatic rings. The van der Waals surface area contributed by atoms with Gasteiger partial charge in [-0.25, -0.2) is 0 Å². The lowest BCUT2D eigenvalue weighted by atomic mass is 9.89. The van der Waals surface area contributed by atoms with Crippen LogP contribution in [0.1, 0.15) is 40.0 Å². The minimum atomic E-state index is -8.62. The first kappa shape index (κ1) is 39.5. The molecule has 0 aliphatic rings. The van der Waals surface area contributed by atoms with Gasteiger partial charge in [-0.3, -0.25) is 0 Å². The summed E-state index contributed by atoms with van der Waals surface area (Å²) >= 11 is 0.876. The monoisotopic (exact) mass is 758 g/mol. The van der Waals surface area contributed by atoms with Gasteiger partial charge in [0, 0.05) is 12.7 Å². The van der Waals surface area contributed by atoms with Crippen molar-refractivity contribution >= 4 is 30.9 Å². The van der Waals surface area contributed by atoms with Crippen molar-refractivity contribution in [2.45, 2.75) is 106 Å². The van der Waals surface area contributed by atoms with Crippen LogP contribution in [0.3, 0.4) is 0 Å². The van der Waals surface area contributed by atoms with Gasteiger partial charge in [-0.2, -0.15) is 74.6 Å². The van der Waals surface area contributed by atoms with Crippen LogP contribution in [-0.2, 0) is 4.43 Å². The molecule has 0 heterocycles. The molecule has 0 saturated carbocycles. The highest BCUT2D eigenvalue weighted by molar-refractivity contribution is 14.1. The van der Waals surface area contributed by atoms with Crippen molar-refractivity contribution in [3.63, 3.8) is 0 Å². The molecule has 1 nitrogen and oxygen atoms in total. The lowest BCUT2D eigenvalue weighted by Gasteiger charge is -2.42. The second-order valence-electron chi connectivity index (χ2n) is 10.2. The van der Waals surface area contributed by atoms with E-state index < -0.39 is 72.0 Å². The van der Waals surface area contributed by atoms with Crippen molar-refractivity contribution in [1.82, 2.24) is 0 Å². The van der Waals surface area contributed by atoms with Crippen LogP contribution in [0, 0.1) is 0 Å². The van der Waals surface area contributed by atoms with Gasteiger partial charge in [0.2, 0.25) is 0 Å². The first-order valence-corrected chi connectivity index (χ1v) is 14.8. The zero-order valence-corrected chi connectivity index (χ0v) is 24.3. The van der Waals surface area contributed by atoms with E-state index in [2.05, 4.69) is 0 Å². The quantitative estimate of drug-likeness (QED) is 0.0787. The van der Waals surface area contributed by atoms with E-state index >= 15 is 0 Å². The third kappa shape index (κ3) is 6.82. The second kappa shape index (κ2) is 11.5. The maximum atomic E-state index is 14.0. The predicted molar refractivity (Wildman–Crippen MR) is 120 cm³/mol. The van der Waals surface area contributed by atoms with E-state index in [9.17, 15) is 74.6 Å². The first-order valence-electron chi connectivity index (χ1n) is 10.8. The molecular formula is C20H24F17IOSi. The Morgan fingerprint density at radius 1 is 0.600 bits per heavy atom. The standard InChI is InChI=1S/C20H24F17IOSi/c1-12(2,3)40(4,5)39-9-7-6-8-11(38)10-13(21,22)14(23,24)15(25,26)16(27,28)17(29,30)18(31,32)19(33,34)20(35,36)37/h10H,6-9H2,1-5H3/b11-10+. The van der Waals surface area contributed by atoms with Gasteiger partial charge < -0.3 is 4.43 Å². The molecule has 0 saturated heterocycles. The highest BCUT2D eigenvalue weighted by atomic mass is 127. The number of hydrogen-bond donors (Lipinski definition) is 0. The van der Waals surface area contributed by atoms with E-state index in [1.165, 1.54) is 0 Å². The molecule has 0 amide bonds. The van der Waals surface area contributed by atoms with Gasteiger partial charge in [-0.05, 0) is 63.6 Å². The Bertz CT molecular complexity index is 904. The van der Waals surface area contributed by atoms with Crippen molar-refractivity contribution in [1.29, 1.82) is 0 Å². The SMILES string of the molecule is CC(C)(C)[Si](C)(C)OCCCC/C(I)=C\C(F)(F)C(F)(F)C(F)(F)C(F)(F)C(F)(F)C(F)(F)C(F)(F)C(F)(F)F. The van der Waals surface area contributed by atoms with Crippen LogP contribution in [0.4, 0.5) is 74.6 Å². The Balaban J connectivity index is 6.05. The van der Waals surface area contributed by atoms with Crippen molar-refractivity contribution in [3.8, 4) is 0 Å². The van der Waals surface area contributed by atoms with Crippen molar-refractivity contribution < 1.29 is 79.1 Å². The molecule has 0 bridgehead atoms. The fourth-order valence-electron chi connectivity index (χ4n) is 2.48. The molecule has 0 aliphatic carbocycles. The lowest BCUT2D eigenvalue weighted by Crippen LogP contribution is -2.74. The molecule has 0 unspecified atom stereocenters. The van der Waals surface area contributed by atoms with E-state index in [-0.39, 0.29) is 24.5 Å². The average molecular weight is 758 g/mol. The summed E-state index contributed by atoms with van der Waals surface area (Å²) in [4.78, 5) is 0. The van der Waals surface area contributed by atoms with Crippen molar-refractivity contribution in [3.05, 3.63) is 9.66 Å². The third-order valence-electron chi connectivity index (χ3n) is 6.16. The highest BCUT2D eigenvalue weighted by Crippen LogP contribution is 2.64. The Morgan fingerprint density at radius 3 is 1.30 bits per heavy atom. The molecule has 20 heteroatoms. The number of hydrogen-bond acceptors (Lipinski definition) is 1. The number of rotatable bonds is 13. The Labute approximate surface area is 232 Å². The van der Waals surface area contributed by atoms with E-state index in [0.29, 0.717) is 0 Å². The maximum absolute atomic E-state index is 14.0. The van der Waals surface area contributed by atoms with Crippen LogP contribution in [0.25, 0.3) is 0 Å². The molecule has 0 radical (unpaired) electrons. The summed E-state index contributed by atoms with van der Waals surface area (Å²) in [5.74, 6) is -56.3. The van der Waals surface area contributed by atoms with Gasteiger partial charge in [0.1, 0.15) is 0 Å². The summed E-state index contributed by atoms with van der Waals surface area (Å²) in [6.07, 6.45) is -9.47. The van der Waals surface area contributed by atoms with Crippen LogP contribution < -0.4 is 0 Å². The molecule has 0 spiro atoms. The summed E-state index contributed by atoms with van der Waals surface area (Å²) in [5.41, 5.74) is 0. The normalized spacial score (nSPS) is 16.5. The minimum Gasteiger partial charge on any atom is -0.417 e. The van der Waals surface area contributed by atoms with Gasteiger partial charge in [-0.15, -0.1) is 0 Å². The Hall–Kier alpha value is -0.543. The zero-order valence-electron chi connectivity index (χ0n) is 21.1. The molecule has 40 heavy (non-hydrogen) atoms. The van der Waals surface area contributed by atoms with Gasteiger partial charge in [-0.1, -0.05) is 20.8 Å². The molecule has 0 rings (SSSR count). The number of allylic oxidation sites excluding steroid dienone is 2. The Kier molecular flexibility index (Phi) is 11.4. The molecule has 0 fully saturated rings. The fourth-order valence-corrected chi connectivity index (χ4v) is 4.34. The van der Waals surface area contributed by atoms with Crippen LogP contribution in [0.15, 0.2) is 9.66 Å². The molecule has 0 atom stereocenters. The van der Waals surface area contributed by atoms with Gasteiger partial charge in [0.15, 0.2) is 8.32 Å². The largest absolute Gasteiger partial charge is 0.460 e. The number of unbranched alkanes of at least 4 members (excludes halogenated alkanes) is 1. The maximum Gasteiger partial charge on any atom is 0.460 e. The summed E-state index contributed by atoms with van der Waals surface area (Å²) < 4.78 is 231. The summed E-state index contributed by atoms with van der Waals surface area (Å²) in [7, 11) is -2.25. The van der Waals surface area contributed by atoms with Crippen molar-refractivity contribution in [2.75, 3.05) is 6.61 Å². The van der Waals surface area contributed by atoms with Crippen molar-refractivity contribution in [2.24, 2.45) is 0 Å². The van der Waals surface area contributed by atoms with Gasteiger partial charge >= 0.3 is 47.6 Å². The zero-order chi connectivity index (χ0) is 32.8. The molecular weight excluding hydrogens is 734 g/mol. The third-order valence-corrected chi connectivity index (χ3v) is 11.6. The predicted octanol–water partition coefficient (Wildman–Crippen LogP) is 10.5. The van der Waals surface area contributed by atoms with Crippen LogP contribution in [0.2, 0.25) is 18.1 Å². The fraction of sp³-hybridized carbons (Fsp3) is 0.900. The molecule has 0 aliphatic heterocycles. The Morgan fingerprint density at radius 2 is 0.950 bits per heavy atom. The molecule has 0 N–H and O–H groups in total. The number of halogens is 18. The summed E-state index contributed by atoms with van der Waals surface area (Å²) in [6, 6.07) is 0. The molecule has 240 valence electrons. The van der Waals surface area contributed by atoms with E-state index in [0.717, 1.165) is 22.6 Å².